The molecule has 1 amide bonds. The maximum atomic E-state index is 12.2. The van der Waals surface area contributed by atoms with Gasteiger partial charge in [-0.25, -0.2) is 0 Å². The van der Waals surface area contributed by atoms with Crippen molar-refractivity contribution in [3.63, 3.8) is 0 Å². The van der Waals surface area contributed by atoms with Crippen LogP contribution in [-0.4, -0.2) is 13.0 Å². The van der Waals surface area contributed by atoms with Gasteiger partial charge in [0, 0.05) is 16.4 Å². The lowest BCUT2D eigenvalue weighted by Crippen LogP contribution is -2.13. The average molecular weight is 277 g/mol. The van der Waals surface area contributed by atoms with Gasteiger partial charge in [-0.05, 0) is 42.5 Å². The summed E-state index contributed by atoms with van der Waals surface area (Å²) in [5.74, 6) is 0.187. The second kappa shape index (κ2) is 5.63. The lowest BCUT2D eigenvalue weighted by atomic mass is 10.1. The zero-order chi connectivity index (χ0) is 13.8. The molecule has 5 heteroatoms. The summed E-state index contributed by atoms with van der Waals surface area (Å²) in [7, 11) is 1.50. The van der Waals surface area contributed by atoms with Crippen LogP contribution in [0, 0.1) is 0 Å². The number of hydrogen-bond acceptors (Lipinski definition) is 3. The zero-order valence-electron chi connectivity index (χ0n) is 10.3. The third-order valence-corrected chi connectivity index (χ3v) is 2.82. The maximum absolute atomic E-state index is 12.2. The molecular formula is C14H13ClN2O2. The van der Waals surface area contributed by atoms with Gasteiger partial charge >= 0.3 is 0 Å². The van der Waals surface area contributed by atoms with E-state index in [0.29, 0.717) is 27.7 Å². The van der Waals surface area contributed by atoms with Gasteiger partial charge in [-0.15, -0.1) is 0 Å². The van der Waals surface area contributed by atoms with Crippen molar-refractivity contribution in [2.75, 3.05) is 18.2 Å². The van der Waals surface area contributed by atoms with E-state index in [1.54, 1.807) is 42.5 Å². The molecule has 0 bridgehead atoms. The summed E-state index contributed by atoms with van der Waals surface area (Å²) in [6.07, 6.45) is 0. The van der Waals surface area contributed by atoms with Crippen LogP contribution in [0.2, 0.25) is 5.02 Å². The topological polar surface area (TPSA) is 64.3 Å². The van der Waals surface area contributed by atoms with Gasteiger partial charge in [0.05, 0.1) is 12.7 Å². The molecule has 0 heterocycles. The molecule has 0 saturated carbocycles. The number of carbonyl (C=O) groups is 1. The van der Waals surface area contributed by atoms with Gasteiger partial charge in [0.15, 0.2) is 0 Å². The second-order valence-corrected chi connectivity index (χ2v) is 4.36. The number of ether oxygens (including phenoxy) is 1. The zero-order valence-corrected chi connectivity index (χ0v) is 11.1. The highest BCUT2D eigenvalue weighted by molar-refractivity contribution is 6.30. The average Bonchev–Trinajstić information content (AvgIpc) is 2.41. The lowest BCUT2D eigenvalue weighted by molar-refractivity contribution is 0.102. The first-order valence-corrected chi connectivity index (χ1v) is 5.98. The van der Waals surface area contributed by atoms with Crippen molar-refractivity contribution in [3.8, 4) is 5.75 Å². The number of methoxy groups -OCH3 is 1. The maximum Gasteiger partial charge on any atom is 0.259 e. The minimum absolute atomic E-state index is 0.286. The molecule has 0 unspecified atom stereocenters. The molecule has 2 aromatic rings. The number of halogens is 1. The molecule has 0 spiro atoms. The SMILES string of the molecule is COc1ccc(N)cc1C(=O)Nc1ccc(Cl)cc1. The number of amides is 1. The highest BCUT2D eigenvalue weighted by Crippen LogP contribution is 2.22. The van der Waals surface area contributed by atoms with Gasteiger partial charge in [0.25, 0.3) is 5.91 Å². The van der Waals surface area contributed by atoms with Crippen molar-refractivity contribution in [3.05, 3.63) is 53.1 Å². The Hall–Kier alpha value is -2.20. The van der Waals surface area contributed by atoms with Crippen LogP contribution in [0.4, 0.5) is 11.4 Å². The molecule has 0 saturated heterocycles. The van der Waals surface area contributed by atoms with E-state index in [9.17, 15) is 4.79 Å². The number of nitrogen functional groups attached to an aromatic ring is 1. The third kappa shape index (κ3) is 3.17. The Bertz CT molecular complexity index is 597. The van der Waals surface area contributed by atoms with E-state index in [0.717, 1.165) is 0 Å². The van der Waals surface area contributed by atoms with E-state index in [4.69, 9.17) is 22.1 Å². The molecule has 0 aromatic heterocycles. The van der Waals surface area contributed by atoms with E-state index in [2.05, 4.69) is 5.32 Å². The molecule has 3 N–H and O–H groups in total. The van der Waals surface area contributed by atoms with Gasteiger partial charge in [-0.3, -0.25) is 4.79 Å². The molecule has 0 fully saturated rings. The number of rotatable bonds is 3. The summed E-state index contributed by atoms with van der Waals surface area (Å²) in [4.78, 5) is 12.2. The monoisotopic (exact) mass is 276 g/mol. The molecule has 0 aliphatic rings. The number of nitrogens with two attached hydrogens (primary N) is 1. The van der Waals surface area contributed by atoms with Gasteiger partial charge in [-0.2, -0.15) is 0 Å². The second-order valence-electron chi connectivity index (χ2n) is 3.92. The molecule has 0 radical (unpaired) electrons. The molecule has 0 aliphatic heterocycles. The predicted octanol–water partition coefficient (Wildman–Crippen LogP) is 3.18. The van der Waals surface area contributed by atoms with Gasteiger partial charge in [-0.1, -0.05) is 11.6 Å². The summed E-state index contributed by atoms with van der Waals surface area (Å²) < 4.78 is 5.14. The summed E-state index contributed by atoms with van der Waals surface area (Å²) in [5, 5.41) is 3.36. The first-order chi connectivity index (χ1) is 9.10. The van der Waals surface area contributed by atoms with Crippen LogP contribution >= 0.6 is 11.6 Å². The lowest BCUT2D eigenvalue weighted by Gasteiger charge is -2.10. The van der Waals surface area contributed by atoms with E-state index in [-0.39, 0.29) is 5.91 Å². The molecule has 2 rings (SSSR count). The molecule has 19 heavy (non-hydrogen) atoms. The Morgan fingerprint density at radius 2 is 1.89 bits per heavy atom. The molecule has 2 aromatic carbocycles. The molecule has 98 valence electrons. The molecular weight excluding hydrogens is 264 g/mol. The van der Waals surface area contributed by atoms with Gasteiger partial charge in [0.2, 0.25) is 0 Å². The number of nitrogens with one attached hydrogen (secondary N) is 1. The highest BCUT2D eigenvalue weighted by Gasteiger charge is 2.12. The first-order valence-electron chi connectivity index (χ1n) is 5.60. The number of carbonyl (C=O) groups excluding carboxylic acids is 1. The molecule has 0 atom stereocenters. The number of benzene rings is 2. The number of anilines is 2. The van der Waals surface area contributed by atoms with E-state index in [1.807, 2.05) is 0 Å². The minimum atomic E-state index is -0.286. The minimum Gasteiger partial charge on any atom is -0.496 e. The Kier molecular flexibility index (Phi) is 3.92. The van der Waals surface area contributed by atoms with Crippen molar-refractivity contribution < 1.29 is 9.53 Å². The quantitative estimate of drug-likeness (QED) is 0.846. The van der Waals surface area contributed by atoms with Crippen molar-refractivity contribution in [2.45, 2.75) is 0 Å². The fraction of sp³-hybridized carbons (Fsp3) is 0.0714. The Morgan fingerprint density at radius 1 is 1.21 bits per heavy atom. The normalized spacial score (nSPS) is 10.0. The highest BCUT2D eigenvalue weighted by atomic mass is 35.5. The van der Waals surface area contributed by atoms with Crippen LogP contribution in [-0.2, 0) is 0 Å². The van der Waals surface area contributed by atoms with Gasteiger partial charge in [0.1, 0.15) is 5.75 Å². The largest absolute Gasteiger partial charge is 0.496 e. The fourth-order valence-electron chi connectivity index (χ4n) is 1.63. The third-order valence-electron chi connectivity index (χ3n) is 2.57. The van der Waals surface area contributed by atoms with Crippen LogP contribution in [0.1, 0.15) is 10.4 Å². The Labute approximate surface area is 116 Å². The fourth-order valence-corrected chi connectivity index (χ4v) is 1.76. The summed E-state index contributed by atoms with van der Waals surface area (Å²) in [6, 6.07) is 11.8. The van der Waals surface area contributed by atoms with E-state index < -0.39 is 0 Å². The first kappa shape index (κ1) is 13.2. The van der Waals surface area contributed by atoms with Crippen molar-refractivity contribution in [1.29, 1.82) is 0 Å². The van der Waals surface area contributed by atoms with Gasteiger partial charge < -0.3 is 15.8 Å². The molecule has 4 nitrogen and oxygen atoms in total. The Morgan fingerprint density at radius 3 is 2.53 bits per heavy atom. The summed E-state index contributed by atoms with van der Waals surface area (Å²) >= 11 is 5.78. The summed E-state index contributed by atoms with van der Waals surface area (Å²) in [5.41, 5.74) is 7.22. The van der Waals surface area contributed by atoms with Crippen molar-refractivity contribution in [1.82, 2.24) is 0 Å². The van der Waals surface area contributed by atoms with E-state index >= 15 is 0 Å². The van der Waals surface area contributed by atoms with Crippen molar-refractivity contribution in [2.24, 2.45) is 0 Å². The van der Waals surface area contributed by atoms with Crippen LogP contribution < -0.4 is 15.8 Å². The van der Waals surface area contributed by atoms with Crippen LogP contribution in [0.3, 0.4) is 0 Å². The summed E-state index contributed by atoms with van der Waals surface area (Å²) in [6.45, 7) is 0. The van der Waals surface area contributed by atoms with Crippen LogP contribution in [0.15, 0.2) is 42.5 Å². The van der Waals surface area contributed by atoms with Crippen molar-refractivity contribution >= 4 is 28.9 Å². The standard InChI is InChI=1S/C14H13ClN2O2/c1-19-13-7-4-10(16)8-12(13)14(18)17-11-5-2-9(15)3-6-11/h2-8H,16H2,1H3,(H,17,18). The smallest absolute Gasteiger partial charge is 0.259 e. The predicted molar refractivity (Wildman–Crippen MR) is 76.8 cm³/mol. The Balaban J connectivity index is 2.24. The molecule has 0 aliphatic carbocycles. The van der Waals surface area contributed by atoms with E-state index in [1.165, 1.54) is 7.11 Å². The van der Waals surface area contributed by atoms with Crippen LogP contribution in [0.5, 0.6) is 5.75 Å². The number of hydrogen-bond donors (Lipinski definition) is 2. The van der Waals surface area contributed by atoms with Crippen LogP contribution in [0.25, 0.3) is 0 Å².